The molecule has 0 N–H and O–H groups in total. The van der Waals surface area contributed by atoms with E-state index >= 15 is 0 Å². The Bertz CT molecular complexity index is 807. The highest BCUT2D eigenvalue weighted by Crippen LogP contribution is 2.19. The van der Waals surface area contributed by atoms with Gasteiger partial charge in [-0.25, -0.2) is 9.97 Å². The summed E-state index contributed by atoms with van der Waals surface area (Å²) in [6, 6.07) is 9.81. The molecule has 0 radical (unpaired) electrons. The average Bonchev–Trinajstić information content (AvgIpc) is 2.84. The largest absolute Gasteiger partial charge is 0.497 e. The van der Waals surface area contributed by atoms with E-state index in [2.05, 4.69) is 19.7 Å². The van der Waals surface area contributed by atoms with Crippen molar-refractivity contribution >= 4 is 5.95 Å². The van der Waals surface area contributed by atoms with Gasteiger partial charge < -0.3 is 24.0 Å². The molecule has 1 aromatic heterocycles. The van der Waals surface area contributed by atoms with Gasteiger partial charge >= 0.3 is 0 Å². The van der Waals surface area contributed by atoms with Gasteiger partial charge in [0.15, 0.2) is 0 Å². The van der Waals surface area contributed by atoms with Gasteiger partial charge in [0.25, 0.3) is 0 Å². The monoisotopic (exact) mass is 427 g/mol. The minimum absolute atomic E-state index is 0.721. The summed E-state index contributed by atoms with van der Waals surface area (Å²) in [5.74, 6) is 2.52. The molecule has 8 nitrogen and oxygen atoms in total. The van der Waals surface area contributed by atoms with Gasteiger partial charge in [0, 0.05) is 64.6 Å². The number of rotatable bonds is 9. The summed E-state index contributed by atoms with van der Waals surface area (Å²) >= 11 is 0. The van der Waals surface area contributed by atoms with Crippen molar-refractivity contribution in [2.75, 3.05) is 77.6 Å². The summed E-state index contributed by atoms with van der Waals surface area (Å²) in [6.07, 6.45) is 2.90. The molecule has 0 spiro atoms. The number of hydrogen-bond acceptors (Lipinski definition) is 8. The van der Waals surface area contributed by atoms with Gasteiger partial charge in [0.2, 0.25) is 5.95 Å². The third-order valence-corrected chi connectivity index (χ3v) is 5.77. The van der Waals surface area contributed by atoms with Crippen LogP contribution in [0.1, 0.15) is 12.1 Å². The molecule has 1 aromatic carbocycles. The fraction of sp³-hybridized carbons (Fsp3) is 0.565. The fourth-order valence-corrected chi connectivity index (χ4v) is 3.96. The molecule has 4 rings (SSSR count). The van der Waals surface area contributed by atoms with E-state index in [4.69, 9.17) is 19.2 Å². The highest BCUT2D eigenvalue weighted by Gasteiger charge is 2.18. The van der Waals surface area contributed by atoms with E-state index in [0.29, 0.717) is 0 Å². The van der Waals surface area contributed by atoms with Crippen LogP contribution in [0.3, 0.4) is 0 Å². The molecular formula is C23H33N5O3. The molecule has 2 aliphatic heterocycles. The van der Waals surface area contributed by atoms with Crippen LogP contribution in [-0.4, -0.2) is 92.5 Å². The number of benzene rings is 1. The molecule has 2 aliphatic rings. The highest BCUT2D eigenvalue weighted by atomic mass is 16.5. The first kappa shape index (κ1) is 21.8. The van der Waals surface area contributed by atoms with Crippen LogP contribution in [0.2, 0.25) is 0 Å². The number of hydrogen-bond donors (Lipinski definition) is 0. The van der Waals surface area contributed by atoms with E-state index in [1.165, 1.54) is 0 Å². The number of anilines is 1. The first-order valence-electron chi connectivity index (χ1n) is 11.2. The third kappa shape index (κ3) is 6.53. The Morgan fingerprint density at radius 2 is 1.74 bits per heavy atom. The van der Waals surface area contributed by atoms with Crippen molar-refractivity contribution in [1.29, 1.82) is 0 Å². The lowest BCUT2D eigenvalue weighted by Gasteiger charge is -2.34. The lowest BCUT2D eigenvalue weighted by molar-refractivity contribution is 0.119. The van der Waals surface area contributed by atoms with Crippen LogP contribution < -0.4 is 14.4 Å². The smallest absolute Gasteiger partial charge is 0.225 e. The van der Waals surface area contributed by atoms with Crippen molar-refractivity contribution in [1.82, 2.24) is 19.8 Å². The summed E-state index contributed by atoms with van der Waals surface area (Å²) in [6.45, 7) is 10.2. The first-order chi connectivity index (χ1) is 15.3. The topological polar surface area (TPSA) is 63.2 Å². The van der Waals surface area contributed by atoms with E-state index in [0.717, 1.165) is 102 Å². The third-order valence-electron chi connectivity index (χ3n) is 5.77. The van der Waals surface area contributed by atoms with E-state index < -0.39 is 0 Å². The number of piperazine rings is 1. The maximum atomic E-state index is 5.86. The molecule has 31 heavy (non-hydrogen) atoms. The quantitative estimate of drug-likeness (QED) is 0.563. The van der Waals surface area contributed by atoms with Crippen LogP contribution in [0.4, 0.5) is 5.95 Å². The lowest BCUT2D eigenvalue weighted by Crippen LogP contribution is -2.46. The van der Waals surface area contributed by atoms with Crippen LogP contribution in [-0.2, 0) is 11.3 Å². The van der Waals surface area contributed by atoms with Crippen LogP contribution in [0, 0.1) is 0 Å². The molecule has 0 unspecified atom stereocenters. The van der Waals surface area contributed by atoms with Crippen molar-refractivity contribution in [2.24, 2.45) is 0 Å². The van der Waals surface area contributed by atoms with Crippen molar-refractivity contribution in [3.05, 3.63) is 42.2 Å². The molecule has 168 valence electrons. The second-order valence-electron chi connectivity index (χ2n) is 7.95. The summed E-state index contributed by atoms with van der Waals surface area (Å²) in [5.41, 5.74) is 1.09. The lowest BCUT2D eigenvalue weighted by atomic mass is 10.2. The van der Waals surface area contributed by atoms with Crippen LogP contribution in [0.5, 0.6) is 11.5 Å². The summed E-state index contributed by atoms with van der Waals surface area (Å²) in [7, 11) is 1.67. The van der Waals surface area contributed by atoms with Gasteiger partial charge in [-0.3, -0.25) is 4.90 Å². The Kier molecular flexibility index (Phi) is 7.93. The summed E-state index contributed by atoms with van der Waals surface area (Å²) in [4.78, 5) is 16.5. The molecule has 0 amide bonds. The molecule has 0 atom stereocenters. The number of aromatic nitrogens is 2. The zero-order chi connectivity index (χ0) is 21.3. The minimum Gasteiger partial charge on any atom is -0.497 e. The number of morpholine rings is 1. The van der Waals surface area contributed by atoms with Crippen molar-refractivity contribution in [3.63, 3.8) is 0 Å². The molecule has 8 heteroatoms. The van der Waals surface area contributed by atoms with Gasteiger partial charge in [0.05, 0.1) is 32.6 Å². The molecule has 2 aromatic rings. The van der Waals surface area contributed by atoms with Crippen LogP contribution >= 0.6 is 0 Å². The zero-order valence-corrected chi connectivity index (χ0v) is 18.4. The summed E-state index contributed by atoms with van der Waals surface area (Å²) < 4.78 is 16.5. The first-order valence-corrected chi connectivity index (χ1v) is 11.2. The van der Waals surface area contributed by atoms with Crippen LogP contribution in [0.15, 0.2) is 36.5 Å². The van der Waals surface area contributed by atoms with Crippen molar-refractivity contribution in [3.8, 4) is 11.5 Å². The van der Waals surface area contributed by atoms with E-state index in [1.807, 2.05) is 36.5 Å². The predicted octanol–water partition coefficient (Wildman–Crippen LogP) is 1.91. The van der Waals surface area contributed by atoms with Gasteiger partial charge in [-0.1, -0.05) is 6.07 Å². The molecule has 2 saturated heterocycles. The SMILES string of the molecule is COc1cccc(OCCCN2CCN(Cc3ccnc(N4CCOCC4)n3)CC2)c1. The fourth-order valence-electron chi connectivity index (χ4n) is 3.96. The molecule has 3 heterocycles. The maximum absolute atomic E-state index is 5.86. The normalized spacial score (nSPS) is 18.2. The highest BCUT2D eigenvalue weighted by molar-refractivity contribution is 5.33. The molecule has 0 bridgehead atoms. The van der Waals surface area contributed by atoms with Gasteiger partial charge in [-0.2, -0.15) is 0 Å². The van der Waals surface area contributed by atoms with Crippen molar-refractivity contribution < 1.29 is 14.2 Å². The Morgan fingerprint density at radius 1 is 0.968 bits per heavy atom. The van der Waals surface area contributed by atoms with Crippen molar-refractivity contribution in [2.45, 2.75) is 13.0 Å². The predicted molar refractivity (Wildman–Crippen MR) is 120 cm³/mol. The van der Waals surface area contributed by atoms with Crippen LogP contribution in [0.25, 0.3) is 0 Å². The average molecular weight is 428 g/mol. The standard InChI is InChI=1S/C23H33N5O3/c1-29-21-4-2-5-22(18-21)31-15-3-8-26-9-11-27(12-10-26)19-20-6-7-24-23(25-20)28-13-16-30-17-14-28/h2,4-7,18H,3,8-17,19H2,1H3. The Morgan fingerprint density at radius 3 is 2.55 bits per heavy atom. The van der Waals surface area contributed by atoms with Gasteiger partial charge in [-0.05, 0) is 24.6 Å². The summed E-state index contributed by atoms with van der Waals surface area (Å²) in [5, 5.41) is 0. The van der Waals surface area contributed by atoms with E-state index in [1.54, 1.807) is 7.11 Å². The second kappa shape index (κ2) is 11.3. The Hall–Kier alpha value is -2.42. The molecule has 2 fully saturated rings. The molecular weight excluding hydrogens is 394 g/mol. The van der Waals surface area contributed by atoms with Gasteiger partial charge in [0.1, 0.15) is 11.5 Å². The number of ether oxygens (including phenoxy) is 3. The zero-order valence-electron chi connectivity index (χ0n) is 18.4. The number of nitrogens with zero attached hydrogens (tertiary/aromatic N) is 5. The number of methoxy groups -OCH3 is 1. The second-order valence-corrected chi connectivity index (χ2v) is 7.95. The van der Waals surface area contributed by atoms with Gasteiger partial charge in [-0.15, -0.1) is 0 Å². The Labute approximate surface area is 184 Å². The molecule has 0 aliphatic carbocycles. The Balaban J connectivity index is 1.15. The minimum atomic E-state index is 0.721. The van der Waals surface area contributed by atoms with E-state index in [-0.39, 0.29) is 0 Å². The van der Waals surface area contributed by atoms with E-state index in [9.17, 15) is 0 Å². The molecule has 0 saturated carbocycles. The maximum Gasteiger partial charge on any atom is 0.225 e.